The molecule has 0 radical (unpaired) electrons. The van der Waals surface area contributed by atoms with E-state index in [9.17, 15) is 9.59 Å². The van der Waals surface area contributed by atoms with Gasteiger partial charge in [0, 0.05) is 5.56 Å². The molecule has 0 atom stereocenters. The topological polar surface area (TPSA) is 87.8 Å². The Labute approximate surface area is 103 Å². The molecule has 0 aliphatic heterocycles. The fourth-order valence-electron chi connectivity index (χ4n) is 1.47. The van der Waals surface area contributed by atoms with Gasteiger partial charge in [0.05, 0.1) is 6.61 Å². The molecular formula is C12H13N3O3. The third kappa shape index (κ3) is 2.65. The molecule has 0 bridgehead atoms. The van der Waals surface area contributed by atoms with Gasteiger partial charge in [0.2, 0.25) is 0 Å². The standard InChI is InChI=1S/C12H13N3O3/c1-2-7-18-9-5-3-8(4-6-9)10-11(16)13-12(17)15-14-10/h3-6H,2,7H2,1H3,(H2,13,15,16,17). The Morgan fingerprint density at radius 3 is 2.56 bits per heavy atom. The van der Waals surface area contributed by atoms with Gasteiger partial charge in [-0.05, 0) is 30.7 Å². The summed E-state index contributed by atoms with van der Waals surface area (Å²) < 4.78 is 5.43. The highest BCUT2D eigenvalue weighted by molar-refractivity contribution is 5.58. The van der Waals surface area contributed by atoms with Crippen LogP contribution in [-0.4, -0.2) is 21.8 Å². The second-order valence-corrected chi connectivity index (χ2v) is 3.73. The van der Waals surface area contributed by atoms with Crippen molar-refractivity contribution in [2.75, 3.05) is 6.61 Å². The van der Waals surface area contributed by atoms with Crippen LogP contribution >= 0.6 is 0 Å². The Bertz CT molecular complexity index is 628. The van der Waals surface area contributed by atoms with Crippen LogP contribution in [0.2, 0.25) is 0 Å². The summed E-state index contributed by atoms with van der Waals surface area (Å²) in [5.74, 6) is 0.737. The third-order valence-electron chi connectivity index (χ3n) is 2.31. The normalized spacial score (nSPS) is 10.3. The molecular weight excluding hydrogens is 234 g/mol. The molecule has 2 aromatic rings. The van der Waals surface area contributed by atoms with E-state index in [1.807, 2.05) is 6.92 Å². The molecule has 0 unspecified atom stereocenters. The molecule has 6 heteroatoms. The van der Waals surface area contributed by atoms with E-state index >= 15 is 0 Å². The number of aromatic nitrogens is 3. The van der Waals surface area contributed by atoms with E-state index in [0.717, 1.165) is 12.2 Å². The van der Waals surface area contributed by atoms with E-state index in [4.69, 9.17) is 4.74 Å². The Morgan fingerprint density at radius 2 is 1.94 bits per heavy atom. The highest BCUT2D eigenvalue weighted by atomic mass is 16.5. The summed E-state index contributed by atoms with van der Waals surface area (Å²) >= 11 is 0. The lowest BCUT2D eigenvalue weighted by atomic mass is 10.1. The van der Waals surface area contributed by atoms with Crippen molar-refractivity contribution in [2.45, 2.75) is 13.3 Å². The minimum absolute atomic E-state index is 0.177. The first-order chi connectivity index (χ1) is 8.70. The van der Waals surface area contributed by atoms with Gasteiger partial charge in [-0.1, -0.05) is 6.92 Å². The molecule has 1 aromatic carbocycles. The van der Waals surface area contributed by atoms with Crippen LogP contribution in [0.5, 0.6) is 5.75 Å². The number of ether oxygens (including phenoxy) is 1. The average Bonchev–Trinajstić information content (AvgIpc) is 2.37. The minimum Gasteiger partial charge on any atom is -0.494 e. The molecule has 0 fully saturated rings. The Hall–Kier alpha value is -2.37. The van der Waals surface area contributed by atoms with Crippen LogP contribution in [0.15, 0.2) is 33.9 Å². The molecule has 0 spiro atoms. The average molecular weight is 247 g/mol. The van der Waals surface area contributed by atoms with Crippen molar-refractivity contribution in [1.82, 2.24) is 15.2 Å². The van der Waals surface area contributed by atoms with Crippen molar-refractivity contribution in [1.29, 1.82) is 0 Å². The SMILES string of the molecule is CCCOc1ccc(-c2n[nH]c(=O)[nH]c2=O)cc1. The second kappa shape index (κ2) is 5.31. The van der Waals surface area contributed by atoms with E-state index in [2.05, 4.69) is 15.2 Å². The van der Waals surface area contributed by atoms with Crippen LogP contribution in [0, 0.1) is 0 Å². The molecule has 6 nitrogen and oxygen atoms in total. The lowest BCUT2D eigenvalue weighted by Gasteiger charge is -2.04. The van der Waals surface area contributed by atoms with Crippen LogP contribution in [0.4, 0.5) is 0 Å². The Kier molecular flexibility index (Phi) is 3.57. The Morgan fingerprint density at radius 1 is 1.22 bits per heavy atom. The predicted molar refractivity (Wildman–Crippen MR) is 66.7 cm³/mol. The van der Waals surface area contributed by atoms with Crippen molar-refractivity contribution in [3.8, 4) is 17.0 Å². The molecule has 94 valence electrons. The molecule has 1 aromatic heterocycles. The minimum atomic E-state index is -0.619. The highest BCUT2D eigenvalue weighted by Gasteiger charge is 2.05. The van der Waals surface area contributed by atoms with Crippen LogP contribution in [0.25, 0.3) is 11.3 Å². The van der Waals surface area contributed by atoms with Crippen LogP contribution in [0.1, 0.15) is 13.3 Å². The van der Waals surface area contributed by atoms with Crippen LogP contribution in [0.3, 0.4) is 0 Å². The third-order valence-corrected chi connectivity index (χ3v) is 2.31. The number of nitrogens with one attached hydrogen (secondary N) is 2. The maximum absolute atomic E-state index is 11.5. The summed E-state index contributed by atoms with van der Waals surface area (Å²) in [6, 6.07) is 6.97. The van der Waals surface area contributed by atoms with Gasteiger partial charge in [0.15, 0.2) is 5.69 Å². The number of hydrogen-bond donors (Lipinski definition) is 2. The summed E-state index contributed by atoms with van der Waals surface area (Å²) in [7, 11) is 0. The first-order valence-electron chi connectivity index (χ1n) is 5.63. The maximum Gasteiger partial charge on any atom is 0.342 e. The van der Waals surface area contributed by atoms with Crippen molar-refractivity contribution < 1.29 is 4.74 Å². The van der Waals surface area contributed by atoms with Gasteiger partial charge >= 0.3 is 5.69 Å². The number of aromatic amines is 2. The summed E-state index contributed by atoms with van der Waals surface area (Å²) in [5.41, 5.74) is -0.333. The number of hydrogen-bond acceptors (Lipinski definition) is 4. The summed E-state index contributed by atoms with van der Waals surface area (Å²) in [6.45, 7) is 2.68. The molecule has 0 amide bonds. The van der Waals surface area contributed by atoms with Gasteiger partial charge in [0.1, 0.15) is 5.75 Å². The van der Waals surface area contributed by atoms with Crippen molar-refractivity contribution in [2.24, 2.45) is 0 Å². The zero-order valence-electron chi connectivity index (χ0n) is 9.90. The van der Waals surface area contributed by atoms with Gasteiger partial charge in [-0.15, -0.1) is 0 Å². The van der Waals surface area contributed by atoms with Crippen molar-refractivity contribution in [3.63, 3.8) is 0 Å². The molecule has 1 heterocycles. The summed E-state index contributed by atoms with van der Waals surface area (Å²) in [6.07, 6.45) is 0.933. The second-order valence-electron chi connectivity index (χ2n) is 3.73. The van der Waals surface area contributed by atoms with E-state index in [-0.39, 0.29) is 5.69 Å². The number of benzene rings is 1. The number of rotatable bonds is 4. The fourth-order valence-corrected chi connectivity index (χ4v) is 1.47. The monoisotopic (exact) mass is 247 g/mol. The highest BCUT2D eigenvalue weighted by Crippen LogP contribution is 2.17. The molecule has 0 aliphatic carbocycles. The zero-order chi connectivity index (χ0) is 13.0. The molecule has 18 heavy (non-hydrogen) atoms. The Balaban J connectivity index is 2.29. The van der Waals surface area contributed by atoms with Crippen molar-refractivity contribution >= 4 is 0 Å². The van der Waals surface area contributed by atoms with Gasteiger partial charge in [-0.3, -0.25) is 9.78 Å². The zero-order valence-corrected chi connectivity index (χ0v) is 9.90. The first kappa shape index (κ1) is 12.1. The quantitative estimate of drug-likeness (QED) is 0.840. The molecule has 0 saturated carbocycles. The lowest BCUT2D eigenvalue weighted by molar-refractivity contribution is 0.317. The fraction of sp³-hybridized carbons (Fsp3) is 0.250. The summed E-state index contributed by atoms with van der Waals surface area (Å²) in [4.78, 5) is 24.5. The maximum atomic E-state index is 11.5. The molecule has 2 N–H and O–H groups in total. The van der Waals surface area contributed by atoms with E-state index < -0.39 is 11.2 Å². The van der Waals surface area contributed by atoms with Gasteiger partial charge in [-0.2, -0.15) is 5.10 Å². The van der Waals surface area contributed by atoms with Crippen LogP contribution in [-0.2, 0) is 0 Å². The van der Waals surface area contributed by atoms with Crippen molar-refractivity contribution in [3.05, 3.63) is 45.1 Å². The van der Waals surface area contributed by atoms with Gasteiger partial charge in [0.25, 0.3) is 5.56 Å². The van der Waals surface area contributed by atoms with Gasteiger partial charge in [-0.25, -0.2) is 9.89 Å². The smallest absolute Gasteiger partial charge is 0.342 e. The summed E-state index contributed by atoms with van der Waals surface area (Å²) in [5, 5.41) is 5.91. The lowest BCUT2D eigenvalue weighted by Crippen LogP contribution is -2.25. The van der Waals surface area contributed by atoms with E-state index in [0.29, 0.717) is 12.2 Å². The van der Waals surface area contributed by atoms with E-state index in [1.54, 1.807) is 24.3 Å². The molecule has 0 aliphatic rings. The number of H-pyrrole nitrogens is 2. The van der Waals surface area contributed by atoms with Crippen LogP contribution < -0.4 is 16.0 Å². The predicted octanol–water partition coefficient (Wildman–Crippen LogP) is 0.914. The first-order valence-corrected chi connectivity index (χ1v) is 5.63. The molecule has 0 saturated heterocycles. The molecule has 2 rings (SSSR count). The van der Waals surface area contributed by atoms with E-state index in [1.165, 1.54) is 0 Å². The van der Waals surface area contributed by atoms with Gasteiger partial charge < -0.3 is 4.74 Å². The number of nitrogens with zero attached hydrogens (tertiary/aromatic N) is 1. The largest absolute Gasteiger partial charge is 0.494 e.